The third-order valence-corrected chi connectivity index (χ3v) is 3.57. The van der Waals surface area contributed by atoms with Gasteiger partial charge in [0.05, 0.1) is 17.1 Å². The van der Waals surface area contributed by atoms with Crippen molar-refractivity contribution in [2.24, 2.45) is 0 Å². The Labute approximate surface area is 166 Å². The Bertz CT molecular complexity index is 910. The van der Waals surface area contributed by atoms with E-state index in [1.807, 2.05) is 0 Å². The number of ether oxygens (including phenoxy) is 2. The van der Waals surface area contributed by atoms with Crippen molar-refractivity contribution in [3.8, 4) is 11.6 Å². The first kappa shape index (κ1) is 22.2. The van der Waals surface area contributed by atoms with E-state index >= 15 is 0 Å². The maximum atomic E-state index is 12.7. The number of rotatable bonds is 9. The van der Waals surface area contributed by atoms with E-state index in [2.05, 4.69) is 10.3 Å². The lowest BCUT2D eigenvalue weighted by Crippen LogP contribution is -2.14. The van der Waals surface area contributed by atoms with Gasteiger partial charge in [0, 0.05) is 24.9 Å². The molecule has 9 nitrogen and oxygen atoms in total. The van der Waals surface area contributed by atoms with Gasteiger partial charge in [-0.1, -0.05) is 11.6 Å². The van der Waals surface area contributed by atoms with Gasteiger partial charge in [-0.2, -0.15) is 13.2 Å². The molecule has 0 saturated carbocycles. The lowest BCUT2D eigenvalue weighted by atomic mass is 10.2. The van der Waals surface area contributed by atoms with Gasteiger partial charge in [-0.05, 0) is 12.1 Å². The van der Waals surface area contributed by atoms with Crippen LogP contribution in [-0.2, 0) is 15.7 Å². The van der Waals surface area contributed by atoms with E-state index in [0.29, 0.717) is 12.3 Å². The number of nitrogens with one attached hydrogen (secondary N) is 1. The second kappa shape index (κ2) is 9.39. The Hall–Kier alpha value is -3.12. The van der Waals surface area contributed by atoms with Crippen molar-refractivity contribution in [1.29, 1.82) is 0 Å². The molecule has 0 aliphatic heterocycles. The number of nitrogens with zero attached hydrogens (tertiary/aromatic N) is 2. The van der Waals surface area contributed by atoms with E-state index < -0.39 is 34.3 Å². The standard InChI is InChI=1S/C16H13ClF3N3O6/c17-11-5-9(16(18,19)20)7-22-15(11)29-10-1-2-13(23(26)27)12(6-10)21-3-4-28-8-14(24)25/h1-2,5-7,21H,3-4,8H2,(H,24,25). The Morgan fingerprint density at radius 1 is 1.34 bits per heavy atom. The summed E-state index contributed by atoms with van der Waals surface area (Å²) in [5, 5.41) is 21.9. The molecule has 2 rings (SSSR count). The maximum absolute atomic E-state index is 12.7. The molecule has 1 heterocycles. The highest BCUT2D eigenvalue weighted by atomic mass is 35.5. The van der Waals surface area contributed by atoms with Crippen LogP contribution in [0.25, 0.3) is 0 Å². The molecule has 13 heteroatoms. The molecule has 0 atom stereocenters. The normalized spacial score (nSPS) is 11.2. The van der Waals surface area contributed by atoms with Gasteiger partial charge in [0.25, 0.3) is 5.69 Å². The molecule has 0 aliphatic rings. The molecule has 2 N–H and O–H groups in total. The second-order valence-electron chi connectivity index (χ2n) is 5.42. The zero-order chi connectivity index (χ0) is 21.6. The summed E-state index contributed by atoms with van der Waals surface area (Å²) in [4.78, 5) is 24.4. The molecular weight excluding hydrogens is 423 g/mol. The molecule has 2 aromatic rings. The van der Waals surface area contributed by atoms with Crippen molar-refractivity contribution in [2.45, 2.75) is 6.18 Å². The molecule has 1 aromatic heterocycles. The van der Waals surface area contributed by atoms with E-state index in [1.165, 1.54) is 12.1 Å². The van der Waals surface area contributed by atoms with Crippen LogP contribution in [0.2, 0.25) is 5.02 Å². The summed E-state index contributed by atoms with van der Waals surface area (Å²) >= 11 is 5.77. The number of halogens is 4. The largest absolute Gasteiger partial charge is 0.480 e. The molecular formula is C16H13ClF3N3O6. The van der Waals surface area contributed by atoms with Gasteiger partial charge in [-0.15, -0.1) is 0 Å². The van der Waals surface area contributed by atoms with Gasteiger partial charge in [0.15, 0.2) is 0 Å². The molecule has 0 saturated heterocycles. The minimum Gasteiger partial charge on any atom is -0.480 e. The van der Waals surface area contributed by atoms with E-state index in [0.717, 1.165) is 6.07 Å². The number of pyridine rings is 1. The molecule has 0 spiro atoms. The van der Waals surface area contributed by atoms with Gasteiger partial charge in [0.1, 0.15) is 23.1 Å². The molecule has 0 fully saturated rings. The zero-order valence-corrected chi connectivity index (χ0v) is 15.2. The minimum atomic E-state index is -4.62. The number of aliphatic carboxylic acids is 1. The third-order valence-electron chi connectivity index (χ3n) is 3.30. The topological polar surface area (TPSA) is 124 Å². The number of nitro groups is 1. The van der Waals surface area contributed by atoms with Gasteiger partial charge in [0.2, 0.25) is 5.88 Å². The summed E-state index contributed by atoms with van der Waals surface area (Å²) in [6, 6.07) is 4.22. The SMILES string of the molecule is O=C(O)COCCNc1cc(Oc2ncc(C(F)(F)F)cc2Cl)ccc1[N+](=O)[O-]. The number of benzene rings is 1. The number of hydrogen-bond acceptors (Lipinski definition) is 7. The second-order valence-corrected chi connectivity index (χ2v) is 5.83. The van der Waals surface area contributed by atoms with E-state index in [1.54, 1.807) is 0 Å². The monoisotopic (exact) mass is 435 g/mol. The number of carbonyl (C=O) groups is 1. The van der Waals surface area contributed by atoms with Crippen LogP contribution < -0.4 is 10.1 Å². The summed E-state index contributed by atoms with van der Waals surface area (Å²) < 4.78 is 48.1. The average Bonchev–Trinajstić information content (AvgIpc) is 2.62. The predicted molar refractivity (Wildman–Crippen MR) is 94.4 cm³/mol. The Morgan fingerprint density at radius 3 is 2.66 bits per heavy atom. The summed E-state index contributed by atoms with van der Waals surface area (Å²) in [6.45, 7) is -0.511. The van der Waals surface area contributed by atoms with Gasteiger partial charge >= 0.3 is 12.1 Å². The number of hydrogen-bond donors (Lipinski definition) is 2. The Kier molecular flexibility index (Phi) is 7.18. The maximum Gasteiger partial charge on any atom is 0.417 e. The van der Waals surface area contributed by atoms with Crippen molar-refractivity contribution >= 4 is 28.9 Å². The molecule has 1 aromatic carbocycles. The smallest absolute Gasteiger partial charge is 0.417 e. The van der Waals surface area contributed by atoms with Crippen LogP contribution in [0, 0.1) is 10.1 Å². The quantitative estimate of drug-likeness (QED) is 0.344. The first-order valence-corrected chi connectivity index (χ1v) is 8.18. The predicted octanol–water partition coefficient (Wildman–Crippen LogP) is 3.97. The van der Waals surface area contributed by atoms with E-state index in [-0.39, 0.29) is 36.2 Å². The van der Waals surface area contributed by atoms with Crippen molar-refractivity contribution in [3.63, 3.8) is 0 Å². The number of nitro benzene ring substituents is 1. The average molecular weight is 436 g/mol. The highest BCUT2D eigenvalue weighted by Crippen LogP contribution is 2.36. The fourth-order valence-corrected chi connectivity index (χ4v) is 2.27. The molecule has 0 aliphatic carbocycles. The van der Waals surface area contributed by atoms with Crippen LogP contribution in [0.15, 0.2) is 30.5 Å². The number of alkyl halides is 3. The van der Waals surface area contributed by atoms with Gasteiger partial charge in [-0.25, -0.2) is 9.78 Å². The number of carboxylic acids is 1. The van der Waals surface area contributed by atoms with Gasteiger partial charge in [-0.3, -0.25) is 10.1 Å². The lowest BCUT2D eigenvalue weighted by Gasteiger charge is -2.12. The number of anilines is 1. The molecule has 0 unspecified atom stereocenters. The highest BCUT2D eigenvalue weighted by Gasteiger charge is 2.31. The van der Waals surface area contributed by atoms with Crippen LogP contribution >= 0.6 is 11.6 Å². The highest BCUT2D eigenvalue weighted by molar-refractivity contribution is 6.31. The van der Waals surface area contributed by atoms with E-state index in [9.17, 15) is 28.1 Å². The van der Waals surface area contributed by atoms with Crippen molar-refractivity contribution in [3.05, 3.63) is 51.2 Å². The minimum absolute atomic E-state index is 0.0226. The molecule has 0 amide bonds. The molecule has 156 valence electrons. The van der Waals surface area contributed by atoms with E-state index in [4.69, 9.17) is 26.2 Å². The third kappa shape index (κ3) is 6.47. The van der Waals surface area contributed by atoms with Crippen molar-refractivity contribution in [2.75, 3.05) is 25.1 Å². The Morgan fingerprint density at radius 2 is 2.07 bits per heavy atom. The van der Waals surface area contributed by atoms with Crippen LogP contribution in [0.5, 0.6) is 11.6 Å². The summed E-state index contributed by atoms with van der Waals surface area (Å²) in [7, 11) is 0. The fraction of sp³-hybridized carbons (Fsp3) is 0.250. The summed E-state index contributed by atoms with van der Waals surface area (Å²) in [5.41, 5.74) is -1.33. The Balaban J connectivity index is 2.15. The van der Waals surface area contributed by atoms with Crippen LogP contribution in [0.3, 0.4) is 0 Å². The van der Waals surface area contributed by atoms with Crippen LogP contribution in [0.4, 0.5) is 24.5 Å². The zero-order valence-electron chi connectivity index (χ0n) is 14.4. The van der Waals surface area contributed by atoms with Crippen LogP contribution in [-0.4, -0.2) is 40.7 Å². The first-order valence-electron chi connectivity index (χ1n) is 7.80. The fourth-order valence-electron chi connectivity index (χ4n) is 2.06. The molecule has 29 heavy (non-hydrogen) atoms. The number of carboxylic acid groups (broad SMARTS) is 1. The van der Waals surface area contributed by atoms with Crippen molar-refractivity contribution < 1.29 is 37.5 Å². The van der Waals surface area contributed by atoms with Crippen molar-refractivity contribution in [1.82, 2.24) is 4.98 Å². The van der Waals surface area contributed by atoms with Crippen LogP contribution in [0.1, 0.15) is 5.56 Å². The summed E-state index contributed by atoms with van der Waals surface area (Å²) in [5.74, 6) is -1.45. The number of aromatic nitrogens is 1. The van der Waals surface area contributed by atoms with Gasteiger partial charge < -0.3 is 19.9 Å². The molecule has 0 radical (unpaired) electrons. The molecule has 0 bridgehead atoms. The first-order chi connectivity index (χ1) is 13.6. The lowest BCUT2D eigenvalue weighted by molar-refractivity contribution is -0.384. The summed E-state index contributed by atoms with van der Waals surface area (Å²) in [6.07, 6.45) is -4.08.